The molecule has 0 aromatic heterocycles. The van der Waals surface area contributed by atoms with E-state index in [0.717, 1.165) is 60.2 Å². The molecule has 7 atom stereocenters. The minimum absolute atomic E-state index is 0.149. The Morgan fingerprint density at radius 1 is 0.765 bits per heavy atom. The van der Waals surface area contributed by atoms with E-state index < -0.39 is 0 Å². The van der Waals surface area contributed by atoms with Crippen molar-refractivity contribution in [3.63, 3.8) is 0 Å². The Morgan fingerprint density at radius 2 is 1.24 bits per heavy atom. The summed E-state index contributed by atoms with van der Waals surface area (Å²) in [6.45, 7) is 0. The van der Waals surface area contributed by atoms with E-state index in [-0.39, 0.29) is 24.1 Å². The highest BCUT2D eigenvalue weighted by atomic mass is 16.8. The summed E-state index contributed by atoms with van der Waals surface area (Å²) in [5.74, 6) is 7.54. The van der Waals surface area contributed by atoms with Gasteiger partial charge in [-0.05, 0) is 35.5 Å². The lowest BCUT2D eigenvalue weighted by Crippen LogP contribution is -2.81. The summed E-state index contributed by atoms with van der Waals surface area (Å²) >= 11 is 0. The van der Waals surface area contributed by atoms with Crippen LogP contribution < -0.4 is 0 Å². The molecule has 0 aromatic carbocycles. The van der Waals surface area contributed by atoms with Gasteiger partial charge in [-0.3, -0.25) is 0 Å². The quantitative estimate of drug-likeness (QED) is 0.665. The van der Waals surface area contributed by atoms with Crippen molar-refractivity contribution in [2.24, 2.45) is 47.3 Å². The predicted octanol–water partition coefficient (Wildman–Crippen LogP) is 0.619. The fraction of sp³-hybridized carbons (Fsp3) is 1.00. The number of fused-ring (bicyclic) bond motifs is 1. The fourth-order valence-electron chi connectivity index (χ4n) is 7.71. The highest BCUT2D eigenvalue weighted by Crippen LogP contribution is 2.97. The molecule has 90 valence electrons. The molecule has 8 fully saturated rings. The minimum Gasteiger partial charge on any atom is -0.393 e. The van der Waals surface area contributed by atoms with Gasteiger partial charge in [-0.1, -0.05) is 0 Å². The summed E-state index contributed by atoms with van der Waals surface area (Å²) in [6, 6.07) is 0. The van der Waals surface area contributed by atoms with Crippen molar-refractivity contribution in [3.8, 4) is 0 Å². The molecule has 1 aliphatic heterocycles. The molecule has 0 amide bonds. The van der Waals surface area contributed by atoms with Gasteiger partial charge in [0.05, 0.1) is 18.3 Å². The number of aliphatic hydroxyl groups excluding tert-OH is 1. The van der Waals surface area contributed by atoms with Crippen LogP contribution in [0.5, 0.6) is 0 Å². The highest BCUT2D eigenvalue weighted by molar-refractivity contribution is 5.43. The van der Waals surface area contributed by atoms with Gasteiger partial charge < -0.3 is 14.6 Å². The Bertz CT molecular complexity index is 414. The molecule has 0 aromatic rings. The van der Waals surface area contributed by atoms with Gasteiger partial charge in [0, 0.05) is 24.7 Å². The van der Waals surface area contributed by atoms with Crippen molar-refractivity contribution in [3.05, 3.63) is 0 Å². The Hall–Kier alpha value is -0.120. The second-order valence-corrected chi connectivity index (χ2v) is 7.67. The van der Waals surface area contributed by atoms with Gasteiger partial charge in [-0.2, -0.15) is 0 Å². The highest BCUT2D eigenvalue weighted by Gasteiger charge is 2.99. The lowest BCUT2D eigenvalue weighted by molar-refractivity contribution is -0.379. The summed E-state index contributed by atoms with van der Waals surface area (Å²) in [7, 11) is 0. The molecule has 1 heterocycles. The molecule has 8 aliphatic rings. The van der Waals surface area contributed by atoms with Crippen LogP contribution in [0.1, 0.15) is 12.8 Å². The molecule has 5 unspecified atom stereocenters. The van der Waals surface area contributed by atoms with Gasteiger partial charge in [0.15, 0.2) is 5.79 Å². The molecule has 17 heavy (non-hydrogen) atoms. The van der Waals surface area contributed by atoms with Crippen molar-refractivity contribution in [1.29, 1.82) is 0 Å². The zero-order chi connectivity index (χ0) is 10.7. The first-order chi connectivity index (χ1) is 8.31. The smallest absolute Gasteiger partial charge is 0.175 e. The molecular formula is C14H16O3. The Labute approximate surface area is 99.5 Å². The number of rotatable bonds is 0. The first-order valence-electron chi connectivity index (χ1n) is 7.35. The maximum absolute atomic E-state index is 9.68. The van der Waals surface area contributed by atoms with Crippen LogP contribution in [0.15, 0.2) is 0 Å². The standard InChI is InChI=1S/C14H16O3/c15-3-1-4-5(2-3)17-14(16-4)12-8-6-7-10(8)13(14)11(7)9(6)12/h3-13,15H,1-2H2/t3?,4-,5+,6?,7?,8?,9?,10?,11?,12?,13?,14?. The first kappa shape index (κ1) is 8.13. The van der Waals surface area contributed by atoms with E-state index in [0.29, 0.717) is 0 Å². The van der Waals surface area contributed by atoms with Gasteiger partial charge in [0.25, 0.3) is 0 Å². The van der Waals surface area contributed by atoms with E-state index in [9.17, 15) is 5.11 Å². The Morgan fingerprint density at radius 3 is 1.71 bits per heavy atom. The molecule has 3 nitrogen and oxygen atoms in total. The van der Waals surface area contributed by atoms with E-state index in [4.69, 9.17) is 9.47 Å². The average Bonchev–Trinajstić information content (AvgIpc) is 2.77. The maximum Gasteiger partial charge on any atom is 0.175 e. The van der Waals surface area contributed by atoms with Crippen molar-refractivity contribution in [1.82, 2.24) is 0 Å². The average molecular weight is 232 g/mol. The molecule has 2 bridgehead atoms. The number of ether oxygens (including phenoxy) is 2. The van der Waals surface area contributed by atoms with Gasteiger partial charge in [-0.15, -0.1) is 0 Å². The normalized spacial score (nSPS) is 87.0. The van der Waals surface area contributed by atoms with E-state index >= 15 is 0 Å². The van der Waals surface area contributed by atoms with Crippen molar-refractivity contribution < 1.29 is 14.6 Å². The van der Waals surface area contributed by atoms with Crippen molar-refractivity contribution >= 4 is 0 Å². The Balaban J connectivity index is 1.35. The largest absolute Gasteiger partial charge is 0.393 e. The first-order valence-corrected chi connectivity index (χ1v) is 7.35. The fourth-order valence-corrected chi connectivity index (χ4v) is 7.71. The second-order valence-electron chi connectivity index (χ2n) is 7.67. The van der Waals surface area contributed by atoms with Crippen LogP contribution >= 0.6 is 0 Å². The van der Waals surface area contributed by atoms with Crippen LogP contribution in [0.4, 0.5) is 0 Å². The van der Waals surface area contributed by atoms with Crippen LogP contribution in [0.3, 0.4) is 0 Å². The van der Waals surface area contributed by atoms with Crippen LogP contribution in [-0.2, 0) is 9.47 Å². The predicted molar refractivity (Wildman–Crippen MR) is 55.6 cm³/mol. The number of hydrogen-bond donors (Lipinski definition) is 1. The van der Waals surface area contributed by atoms with E-state index in [2.05, 4.69) is 0 Å². The number of hydrogen-bond acceptors (Lipinski definition) is 3. The lowest BCUT2D eigenvalue weighted by atomic mass is 9.20. The van der Waals surface area contributed by atoms with Gasteiger partial charge in [-0.25, -0.2) is 0 Å². The molecular weight excluding hydrogens is 216 g/mol. The maximum atomic E-state index is 9.68. The van der Waals surface area contributed by atoms with Gasteiger partial charge >= 0.3 is 0 Å². The zero-order valence-corrected chi connectivity index (χ0v) is 9.53. The minimum atomic E-state index is -0.184. The third kappa shape index (κ3) is 0.504. The van der Waals surface area contributed by atoms with Crippen LogP contribution in [-0.4, -0.2) is 29.2 Å². The molecule has 0 radical (unpaired) electrons. The van der Waals surface area contributed by atoms with Crippen LogP contribution in [0, 0.1) is 47.3 Å². The molecule has 3 heteroatoms. The topological polar surface area (TPSA) is 38.7 Å². The van der Waals surface area contributed by atoms with Crippen molar-refractivity contribution in [2.75, 3.05) is 0 Å². The van der Waals surface area contributed by atoms with Gasteiger partial charge in [0.1, 0.15) is 0 Å². The van der Waals surface area contributed by atoms with E-state index in [1.807, 2.05) is 0 Å². The van der Waals surface area contributed by atoms with E-state index in [1.54, 1.807) is 0 Å². The SMILES string of the molecule is OC1C[C@@H]2OC3(O[C@@H]2C1)C1C2C4C5C2C3C5C41. The second kappa shape index (κ2) is 1.91. The molecule has 1 spiro atoms. The monoisotopic (exact) mass is 232 g/mol. The summed E-state index contributed by atoms with van der Waals surface area (Å²) < 4.78 is 12.8. The lowest BCUT2D eigenvalue weighted by Gasteiger charge is -2.83. The summed E-state index contributed by atoms with van der Waals surface area (Å²) in [4.78, 5) is 0. The Kier molecular flexibility index (Phi) is 0.915. The van der Waals surface area contributed by atoms with Crippen LogP contribution in [0.25, 0.3) is 0 Å². The van der Waals surface area contributed by atoms with Crippen LogP contribution in [0.2, 0.25) is 0 Å². The third-order valence-electron chi connectivity index (χ3n) is 7.79. The van der Waals surface area contributed by atoms with E-state index in [1.165, 1.54) is 0 Å². The molecule has 7 aliphatic carbocycles. The summed E-state index contributed by atoms with van der Waals surface area (Å²) in [6.07, 6.45) is 1.85. The zero-order valence-electron chi connectivity index (χ0n) is 9.53. The van der Waals surface area contributed by atoms with Crippen molar-refractivity contribution in [2.45, 2.75) is 36.9 Å². The molecule has 1 saturated heterocycles. The van der Waals surface area contributed by atoms with Gasteiger partial charge in [0.2, 0.25) is 0 Å². The number of aliphatic hydroxyl groups is 1. The molecule has 1 N–H and O–H groups in total. The molecule has 8 rings (SSSR count). The summed E-state index contributed by atoms with van der Waals surface area (Å²) in [5, 5.41) is 9.68. The molecule has 7 saturated carbocycles. The summed E-state index contributed by atoms with van der Waals surface area (Å²) in [5.41, 5.74) is 0. The third-order valence-corrected chi connectivity index (χ3v) is 7.79.